The van der Waals surface area contributed by atoms with Crippen molar-refractivity contribution in [3.63, 3.8) is 0 Å². The number of fused-ring (bicyclic) bond motifs is 1. The molecule has 1 aromatic heterocycles. The van der Waals surface area contributed by atoms with Crippen LogP contribution in [0.4, 0.5) is 5.69 Å². The smallest absolute Gasteiger partial charge is 0.338 e. The standard InChI is InChI=1S/C35H32N4O5S/c1-5-43-34(42)29-30(23-12-8-6-9-13-23)36-35-38(31(29)24-16-18-26(19-17-24)44-21(2)3)33(41)28(45-35)20-27-22(4)37-39(32(27)40)25-14-10-7-11-15-25/h6-21,27,31H,5H2,1-4H3/b28-20-/t27-,31+/m1/s1. The lowest BCUT2D eigenvalue weighted by Gasteiger charge is -2.26. The molecular weight excluding hydrogens is 588 g/mol. The summed E-state index contributed by atoms with van der Waals surface area (Å²) in [6, 6.07) is 25.1. The van der Waals surface area contributed by atoms with Crippen molar-refractivity contribution in [2.24, 2.45) is 16.0 Å². The molecule has 4 aromatic rings. The molecular formula is C35H32N4O5S. The predicted octanol–water partition coefficient (Wildman–Crippen LogP) is 4.71. The Bertz CT molecular complexity index is 1990. The zero-order valence-electron chi connectivity index (χ0n) is 25.3. The van der Waals surface area contributed by atoms with Gasteiger partial charge in [-0.1, -0.05) is 72.0 Å². The molecule has 3 heterocycles. The number of hydrogen-bond acceptors (Lipinski definition) is 8. The molecule has 0 saturated carbocycles. The van der Waals surface area contributed by atoms with Crippen LogP contribution in [0.2, 0.25) is 0 Å². The Morgan fingerprint density at radius 3 is 2.29 bits per heavy atom. The van der Waals surface area contributed by atoms with Gasteiger partial charge < -0.3 is 9.47 Å². The molecule has 0 bridgehead atoms. The molecule has 0 aliphatic carbocycles. The number of hydrazone groups is 1. The Labute approximate surface area is 264 Å². The van der Waals surface area contributed by atoms with E-state index in [1.54, 1.807) is 19.9 Å². The lowest BCUT2D eigenvalue weighted by atomic mass is 9.93. The summed E-state index contributed by atoms with van der Waals surface area (Å²) < 4.78 is 13.3. The van der Waals surface area contributed by atoms with Gasteiger partial charge in [0, 0.05) is 5.56 Å². The molecule has 2 aliphatic rings. The van der Waals surface area contributed by atoms with Crippen molar-refractivity contribution in [1.29, 1.82) is 0 Å². The predicted molar refractivity (Wildman–Crippen MR) is 175 cm³/mol. The van der Waals surface area contributed by atoms with E-state index in [1.165, 1.54) is 20.9 Å². The van der Waals surface area contributed by atoms with Gasteiger partial charge in [0.15, 0.2) is 4.80 Å². The first-order valence-corrected chi connectivity index (χ1v) is 15.6. The van der Waals surface area contributed by atoms with Crippen LogP contribution in [-0.2, 0) is 14.3 Å². The maximum absolute atomic E-state index is 14.2. The summed E-state index contributed by atoms with van der Waals surface area (Å²) in [5.41, 5.74) is 2.95. The van der Waals surface area contributed by atoms with E-state index in [0.29, 0.717) is 37.7 Å². The van der Waals surface area contributed by atoms with E-state index in [2.05, 4.69) is 5.10 Å². The zero-order chi connectivity index (χ0) is 31.7. The monoisotopic (exact) mass is 620 g/mol. The minimum atomic E-state index is -0.833. The summed E-state index contributed by atoms with van der Waals surface area (Å²) in [6.45, 7) is 7.56. The molecule has 2 aliphatic heterocycles. The molecule has 0 saturated heterocycles. The SMILES string of the molecule is CCOC(=O)C1=C(c2ccccc2)N=c2s/c(=C\[C@H]3C(=O)N(c4ccccc4)N=C3C)c(=O)n2[C@H]1c1ccc(OC(C)C)cc1. The second kappa shape index (κ2) is 12.5. The molecule has 0 radical (unpaired) electrons. The highest BCUT2D eigenvalue weighted by Gasteiger charge is 2.37. The summed E-state index contributed by atoms with van der Waals surface area (Å²) in [7, 11) is 0. The van der Waals surface area contributed by atoms with Crippen molar-refractivity contribution in [2.75, 3.05) is 11.6 Å². The number of hydrogen-bond donors (Lipinski definition) is 0. The first-order chi connectivity index (χ1) is 21.8. The molecule has 0 unspecified atom stereocenters. The van der Waals surface area contributed by atoms with Gasteiger partial charge in [-0.3, -0.25) is 14.2 Å². The highest BCUT2D eigenvalue weighted by atomic mass is 32.1. The fourth-order valence-corrected chi connectivity index (χ4v) is 6.46. The molecule has 0 N–H and O–H groups in total. The highest BCUT2D eigenvalue weighted by molar-refractivity contribution is 7.07. The number of amides is 1. The number of ether oxygens (including phenoxy) is 2. The number of thiazole rings is 1. The third-order valence-electron chi connectivity index (χ3n) is 7.44. The van der Waals surface area contributed by atoms with Crippen LogP contribution in [0.25, 0.3) is 11.8 Å². The summed E-state index contributed by atoms with van der Waals surface area (Å²) in [5.74, 6) is -0.868. The van der Waals surface area contributed by atoms with Crippen LogP contribution in [0, 0.1) is 5.92 Å². The molecule has 0 fully saturated rings. The van der Waals surface area contributed by atoms with Crippen molar-refractivity contribution in [2.45, 2.75) is 39.8 Å². The average Bonchev–Trinajstić information content (AvgIpc) is 3.51. The van der Waals surface area contributed by atoms with Gasteiger partial charge in [-0.05, 0) is 63.6 Å². The summed E-state index contributed by atoms with van der Waals surface area (Å²) in [4.78, 5) is 46.7. The van der Waals surface area contributed by atoms with E-state index in [-0.39, 0.29) is 29.8 Å². The normalized spacial score (nSPS) is 18.2. The summed E-state index contributed by atoms with van der Waals surface area (Å²) >= 11 is 1.18. The molecule has 228 valence electrons. The largest absolute Gasteiger partial charge is 0.491 e. The molecule has 10 heteroatoms. The molecule has 6 rings (SSSR count). The summed E-state index contributed by atoms with van der Waals surface area (Å²) in [5, 5.41) is 5.85. The fourth-order valence-electron chi connectivity index (χ4n) is 5.45. The lowest BCUT2D eigenvalue weighted by Crippen LogP contribution is -2.40. The Hall–Kier alpha value is -5.09. The third-order valence-corrected chi connectivity index (χ3v) is 8.44. The minimum Gasteiger partial charge on any atom is -0.491 e. The van der Waals surface area contributed by atoms with E-state index in [0.717, 1.165) is 5.56 Å². The van der Waals surface area contributed by atoms with E-state index in [1.807, 2.05) is 98.8 Å². The van der Waals surface area contributed by atoms with Crippen LogP contribution < -0.4 is 24.6 Å². The molecule has 9 nitrogen and oxygen atoms in total. The van der Waals surface area contributed by atoms with Crippen molar-refractivity contribution in [3.05, 3.63) is 121 Å². The van der Waals surface area contributed by atoms with Crippen LogP contribution in [0.1, 0.15) is 44.9 Å². The molecule has 1 amide bonds. The Morgan fingerprint density at radius 1 is 0.978 bits per heavy atom. The molecule has 3 aromatic carbocycles. The van der Waals surface area contributed by atoms with E-state index in [4.69, 9.17) is 14.5 Å². The number of rotatable bonds is 8. The van der Waals surface area contributed by atoms with Gasteiger partial charge in [0.2, 0.25) is 0 Å². The Kier molecular flexibility index (Phi) is 8.32. The first-order valence-electron chi connectivity index (χ1n) is 14.8. The number of nitrogens with zero attached hydrogens (tertiary/aromatic N) is 4. The number of carbonyl (C=O) groups excluding carboxylic acids is 2. The summed E-state index contributed by atoms with van der Waals surface area (Å²) in [6.07, 6.45) is 1.64. The minimum absolute atomic E-state index is 0.0173. The van der Waals surface area contributed by atoms with Gasteiger partial charge in [0.1, 0.15) is 11.7 Å². The maximum atomic E-state index is 14.2. The van der Waals surface area contributed by atoms with E-state index >= 15 is 0 Å². The zero-order valence-corrected chi connectivity index (χ0v) is 26.2. The Balaban J connectivity index is 1.53. The maximum Gasteiger partial charge on any atom is 0.338 e. The van der Waals surface area contributed by atoms with Crippen LogP contribution in [0.3, 0.4) is 0 Å². The van der Waals surface area contributed by atoms with Gasteiger partial charge in [-0.25, -0.2) is 9.79 Å². The second-order valence-corrected chi connectivity index (χ2v) is 11.9. The van der Waals surface area contributed by atoms with Gasteiger partial charge in [0.25, 0.3) is 11.5 Å². The van der Waals surface area contributed by atoms with Gasteiger partial charge >= 0.3 is 5.97 Å². The van der Waals surface area contributed by atoms with Crippen molar-refractivity contribution in [1.82, 2.24) is 4.57 Å². The number of carbonyl (C=O) groups is 2. The van der Waals surface area contributed by atoms with Gasteiger partial charge in [-0.2, -0.15) is 10.1 Å². The lowest BCUT2D eigenvalue weighted by molar-refractivity contribution is -0.138. The van der Waals surface area contributed by atoms with Crippen LogP contribution >= 0.6 is 11.3 Å². The van der Waals surface area contributed by atoms with Gasteiger partial charge in [0.05, 0.1) is 46.0 Å². The third kappa shape index (κ3) is 5.76. The Morgan fingerprint density at radius 2 is 1.64 bits per heavy atom. The molecule has 0 spiro atoms. The van der Waals surface area contributed by atoms with Crippen LogP contribution in [-0.4, -0.2) is 34.9 Å². The average molecular weight is 621 g/mol. The number of para-hydroxylation sites is 1. The van der Waals surface area contributed by atoms with Crippen molar-refractivity contribution >= 4 is 46.4 Å². The quantitative estimate of drug-likeness (QED) is 0.266. The molecule has 2 atom stereocenters. The first kappa shape index (κ1) is 30.0. The molecule has 45 heavy (non-hydrogen) atoms. The number of benzene rings is 3. The van der Waals surface area contributed by atoms with Crippen LogP contribution in [0.15, 0.2) is 105 Å². The van der Waals surface area contributed by atoms with Crippen molar-refractivity contribution in [3.8, 4) is 5.75 Å². The van der Waals surface area contributed by atoms with Crippen LogP contribution in [0.5, 0.6) is 5.75 Å². The van der Waals surface area contributed by atoms with E-state index in [9.17, 15) is 14.4 Å². The number of anilines is 1. The second-order valence-electron chi connectivity index (χ2n) is 10.9. The number of aromatic nitrogens is 1. The topological polar surface area (TPSA) is 103 Å². The highest BCUT2D eigenvalue weighted by Crippen LogP contribution is 2.36. The van der Waals surface area contributed by atoms with Gasteiger partial charge in [-0.15, -0.1) is 0 Å². The van der Waals surface area contributed by atoms with E-state index < -0.39 is 17.9 Å². The number of esters is 1. The van der Waals surface area contributed by atoms with Crippen molar-refractivity contribution < 1.29 is 19.1 Å². The fraction of sp³-hybridized carbons (Fsp3) is 0.229.